The van der Waals surface area contributed by atoms with Gasteiger partial charge in [-0.2, -0.15) is 0 Å². The third-order valence-electron chi connectivity index (χ3n) is 2.38. The number of halogens is 1. The van der Waals surface area contributed by atoms with Gasteiger partial charge in [-0.15, -0.1) is 12.4 Å². The van der Waals surface area contributed by atoms with Gasteiger partial charge in [0.2, 0.25) is 0 Å². The van der Waals surface area contributed by atoms with Crippen LogP contribution in [0.15, 0.2) is 0 Å². The van der Waals surface area contributed by atoms with Crippen LogP contribution in [0.1, 0.15) is 0 Å². The second kappa shape index (κ2) is 5.95. The Kier molecular flexibility index (Phi) is 5.97. The van der Waals surface area contributed by atoms with Crippen molar-refractivity contribution in [2.45, 2.75) is 30.6 Å². The highest BCUT2D eigenvalue weighted by Gasteiger charge is 2.44. The molecule has 0 aromatic carbocycles. The molecule has 1 aliphatic rings. The number of hydrogen-bond acceptors (Lipinski definition) is 6. The predicted molar refractivity (Wildman–Crippen MR) is 54.7 cm³/mol. The first-order chi connectivity index (χ1) is 6.49. The summed E-state index contributed by atoms with van der Waals surface area (Å²) in [6.07, 6.45) is -5.31. The van der Waals surface area contributed by atoms with Gasteiger partial charge in [0.05, 0.1) is 6.61 Å². The van der Waals surface area contributed by atoms with Gasteiger partial charge in [0, 0.05) is 0 Å². The summed E-state index contributed by atoms with van der Waals surface area (Å²) in [6, 6.07) is 0. The van der Waals surface area contributed by atoms with E-state index in [-0.39, 0.29) is 12.4 Å². The number of rotatable bonds is 2. The summed E-state index contributed by atoms with van der Waals surface area (Å²) in [6.45, 7) is -0.394. The summed E-state index contributed by atoms with van der Waals surface area (Å²) < 4.78 is 5.21. The predicted octanol–water partition coefficient (Wildman–Crippen LogP) is -2.23. The van der Waals surface area contributed by atoms with Gasteiger partial charge in [-0.25, -0.2) is 0 Å². The molecule has 1 rings (SSSR count). The van der Waals surface area contributed by atoms with E-state index in [0.717, 1.165) is 0 Å². The van der Waals surface area contributed by atoms with Gasteiger partial charge in [0.25, 0.3) is 0 Å². The van der Waals surface area contributed by atoms with Crippen LogP contribution in [0, 0.1) is 0 Å². The van der Waals surface area contributed by atoms with Crippen molar-refractivity contribution in [1.82, 2.24) is 4.90 Å². The lowest BCUT2D eigenvalue weighted by atomic mass is 9.98. The van der Waals surface area contributed by atoms with E-state index in [9.17, 15) is 15.3 Å². The molecule has 0 radical (unpaired) electrons. The lowest BCUT2D eigenvalue weighted by Crippen LogP contribution is -2.62. The smallest absolute Gasteiger partial charge is 0.139 e. The first-order valence-corrected chi connectivity index (χ1v) is 4.46. The first-order valence-electron chi connectivity index (χ1n) is 4.46. The second-order valence-electron chi connectivity index (χ2n) is 3.68. The standard InChI is InChI=1S/C8H17NO5.ClH/c1-9(2)8-7(13)6(12)5(11)4(3-10)14-8;/h4-8,10-13H,3H2,1-2H3;1H/t4-,5-,6+,7-,8?;/m1./s1. The highest BCUT2D eigenvalue weighted by Crippen LogP contribution is 2.21. The SMILES string of the molecule is CN(C)C1O[C@H](CO)[C@@H](O)[C@H](O)[C@H]1O.Cl. The molecule has 0 saturated carbocycles. The van der Waals surface area contributed by atoms with Crippen molar-refractivity contribution in [2.75, 3.05) is 20.7 Å². The molecule has 5 atom stereocenters. The number of aliphatic hydroxyl groups is 4. The summed E-state index contributed by atoms with van der Waals surface area (Å²) in [5.41, 5.74) is 0. The lowest BCUT2D eigenvalue weighted by Gasteiger charge is -2.42. The van der Waals surface area contributed by atoms with Crippen LogP contribution in [0.3, 0.4) is 0 Å². The minimum absolute atomic E-state index is 0. The van der Waals surface area contributed by atoms with Crippen LogP contribution in [0.25, 0.3) is 0 Å². The number of likely N-dealkylation sites (N-methyl/N-ethyl adjacent to an activating group) is 1. The van der Waals surface area contributed by atoms with Crippen molar-refractivity contribution in [3.63, 3.8) is 0 Å². The Morgan fingerprint density at radius 3 is 2.00 bits per heavy atom. The molecular formula is C8H18ClNO5. The van der Waals surface area contributed by atoms with Crippen LogP contribution in [-0.4, -0.2) is 76.7 Å². The third-order valence-corrected chi connectivity index (χ3v) is 2.38. The first kappa shape index (κ1) is 15.0. The van der Waals surface area contributed by atoms with E-state index in [1.165, 1.54) is 0 Å². The largest absolute Gasteiger partial charge is 0.394 e. The molecule has 0 amide bonds. The topological polar surface area (TPSA) is 93.4 Å². The van der Waals surface area contributed by atoms with Gasteiger partial charge in [-0.1, -0.05) is 0 Å². The Balaban J connectivity index is 0.00000196. The van der Waals surface area contributed by atoms with E-state index < -0.39 is 37.3 Å². The van der Waals surface area contributed by atoms with Crippen LogP contribution in [-0.2, 0) is 4.74 Å². The van der Waals surface area contributed by atoms with E-state index in [1.54, 1.807) is 19.0 Å². The fourth-order valence-electron chi connectivity index (χ4n) is 1.51. The summed E-state index contributed by atoms with van der Waals surface area (Å²) in [4.78, 5) is 1.57. The molecule has 1 saturated heterocycles. The van der Waals surface area contributed by atoms with Crippen molar-refractivity contribution in [3.05, 3.63) is 0 Å². The Labute approximate surface area is 94.5 Å². The monoisotopic (exact) mass is 243 g/mol. The fraction of sp³-hybridized carbons (Fsp3) is 1.00. The highest BCUT2D eigenvalue weighted by atomic mass is 35.5. The molecule has 0 aromatic rings. The van der Waals surface area contributed by atoms with E-state index in [2.05, 4.69) is 0 Å². The summed E-state index contributed by atoms with van der Waals surface area (Å²) >= 11 is 0. The second-order valence-corrected chi connectivity index (χ2v) is 3.68. The van der Waals surface area contributed by atoms with Gasteiger partial charge in [-0.3, -0.25) is 4.90 Å². The maximum atomic E-state index is 9.53. The van der Waals surface area contributed by atoms with Crippen molar-refractivity contribution in [3.8, 4) is 0 Å². The minimum Gasteiger partial charge on any atom is -0.394 e. The molecule has 6 nitrogen and oxygen atoms in total. The lowest BCUT2D eigenvalue weighted by molar-refractivity contribution is -0.258. The average molecular weight is 244 g/mol. The van der Waals surface area contributed by atoms with E-state index in [1.807, 2.05) is 0 Å². The summed E-state index contributed by atoms with van der Waals surface area (Å²) in [5.74, 6) is 0. The molecule has 15 heavy (non-hydrogen) atoms. The van der Waals surface area contributed by atoms with E-state index in [4.69, 9.17) is 9.84 Å². The van der Waals surface area contributed by atoms with Gasteiger partial charge >= 0.3 is 0 Å². The van der Waals surface area contributed by atoms with Crippen molar-refractivity contribution < 1.29 is 25.2 Å². The van der Waals surface area contributed by atoms with Crippen LogP contribution in [0.4, 0.5) is 0 Å². The van der Waals surface area contributed by atoms with E-state index >= 15 is 0 Å². The van der Waals surface area contributed by atoms with Gasteiger partial charge in [-0.05, 0) is 14.1 Å². The summed E-state index contributed by atoms with van der Waals surface area (Å²) in [5, 5.41) is 37.2. The molecule has 1 fully saturated rings. The number of nitrogens with zero attached hydrogens (tertiary/aromatic N) is 1. The molecule has 0 bridgehead atoms. The van der Waals surface area contributed by atoms with Crippen molar-refractivity contribution in [1.29, 1.82) is 0 Å². The van der Waals surface area contributed by atoms with Crippen molar-refractivity contribution >= 4 is 12.4 Å². The molecule has 7 heteroatoms. The molecule has 0 aliphatic carbocycles. The average Bonchev–Trinajstić information content (AvgIpc) is 2.14. The van der Waals surface area contributed by atoms with E-state index in [0.29, 0.717) is 0 Å². The van der Waals surface area contributed by atoms with Crippen LogP contribution in [0.2, 0.25) is 0 Å². The maximum Gasteiger partial charge on any atom is 0.139 e. The molecule has 92 valence electrons. The molecular weight excluding hydrogens is 226 g/mol. The van der Waals surface area contributed by atoms with Gasteiger partial charge < -0.3 is 25.2 Å². The molecule has 0 aromatic heterocycles. The molecule has 1 heterocycles. The fourth-order valence-corrected chi connectivity index (χ4v) is 1.51. The zero-order chi connectivity index (χ0) is 10.9. The Morgan fingerprint density at radius 2 is 1.60 bits per heavy atom. The van der Waals surface area contributed by atoms with Gasteiger partial charge in [0.15, 0.2) is 0 Å². The number of hydrogen-bond donors (Lipinski definition) is 4. The van der Waals surface area contributed by atoms with Crippen LogP contribution < -0.4 is 0 Å². The molecule has 4 N–H and O–H groups in total. The van der Waals surface area contributed by atoms with Gasteiger partial charge in [0.1, 0.15) is 30.6 Å². The molecule has 0 spiro atoms. The van der Waals surface area contributed by atoms with Crippen LogP contribution in [0.5, 0.6) is 0 Å². The normalized spacial score (nSPS) is 41.4. The number of ether oxygens (including phenoxy) is 1. The quantitative estimate of drug-likeness (QED) is 0.439. The maximum absolute atomic E-state index is 9.53. The molecule has 1 aliphatic heterocycles. The zero-order valence-electron chi connectivity index (χ0n) is 8.65. The Hall–Kier alpha value is 0.0500. The zero-order valence-corrected chi connectivity index (χ0v) is 9.46. The Morgan fingerprint density at radius 1 is 1.07 bits per heavy atom. The van der Waals surface area contributed by atoms with Crippen molar-refractivity contribution in [2.24, 2.45) is 0 Å². The Bertz CT molecular complexity index is 192. The number of aliphatic hydroxyl groups excluding tert-OH is 4. The highest BCUT2D eigenvalue weighted by molar-refractivity contribution is 5.85. The minimum atomic E-state index is -1.30. The third kappa shape index (κ3) is 3.01. The van der Waals surface area contributed by atoms with Crippen LogP contribution >= 0.6 is 12.4 Å². The molecule has 1 unspecified atom stereocenters. The summed E-state index contributed by atoms with van der Waals surface area (Å²) in [7, 11) is 3.35.